The second-order valence-corrected chi connectivity index (χ2v) is 6.44. The number of hydrogen-bond donors (Lipinski definition) is 1. The van der Waals surface area contributed by atoms with Crippen LogP contribution < -0.4 is 10.2 Å². The number of hydrogen-bond acceptors (Lipinski definition) is 3. The number of amides is 1. The van der Waals surface area contributed by atoms with Gasteiger partial charge in [0.05, 0.1) is 6.54 Å². The van der Waals surface area contributed by atoms with E-state index in [4.69, 9.17) is 11.6 Å². The molecule has 1 aliphatic rings. The number of carbonyl (C=O) groups is 1. The maximum atomic E-state index is 12.0. The lowest BCUT2D eigenvalue weighted by atomic mass is 10.2. The van der Waals surface area contributed by atoms with Crippen LogP contribution in [0.4, 0.5) is 5.69 Å². The second kappa shape index (κ2) is 8.39. The number of rotatable bonds is 6. The van der Waals surface area contributed by atoms with Gasteiger partial charge >= 0.3 is 0 Å². The van der Waals surface area contributed by atoms with Gasteiger partial charge in [0.15, 0.2) is 0 Å². The van der Waals surface area contributed by atoms with Crippen LogP contribution in [-0.4, -0.2) is 49.6 Å². The molecule has 1 amide bonds. The van der Waals surface area contributed by atoms with Gasteiger partial charge in [0.25, 0.3) is 0 Å². The minimum Gasteiger partial charge on any atom is -0.369 e. The zero-order valence-corrected chi connectivity index (χ0v) is 14.3. The lowest BCUT2D eigenvalue weighted by molar-refractivity contribution is -0.122. The van der Waals surface area contributed by atoms with E-state index in [1.165, 1.54) is 0 Å². The van der Waals surface area contributed by atoms with Crippen molar-refractivity contribution < 1.29 is 4.79 Å². The van der Waals surface area contributed by atoms with Gasteiger partial charge in [0.1, 0.15) is 0 Å². The molecule has 0 spiro atoms. The van der Waals surface area contributed by atoms with Crippen LogP contribution in [0.25, 0.3) is 0 Å². The van der Waals surface area contributed by atoms with E-state index in [1.807, 2.05) is 18.2 Å². The average Bonchev–Trinajstić information content (AvgIpc) is 2.48. The van der Waals surface area contributed by atoms with E-state index in [-0.39, 0.29) is 11.9 Å². The number of benzene rings is 1. The fourth-order valence-corrected chi connectivity index (χ4v) is 3.05. The average molecular weight is 324 g/mol. The van der Waals surface area contributed by atoms with E-state index in [1.54, 1.807) is 0 Å². The first-order chi connectivity index (χ1) is 10.6. The third kappa shape index (κ3) is 5.18. The third-order valence-corrected chi connectivity index (χ3v) is 4.28. The molecule has 0 aliphatic carbocycles. The van der Waals surface area contributed by atoms with Crippen LogP contribution in [0, 0.1) is 0 Å². The highest BCUT2D eigenvalue weighted by Gasteiger charge is 2.19. The van der Waals surface area contributed by atoms with Crippen molar-refractivity contribution in [3.63, 3.8) is 0 Å². The van der Waals surface area contributed by atoms with Crippen molar-refractivity contribution in [3.05, 3.63) is 29.3 Å². The predicted octanol–water partition coefficient (Wildman–Crippen LogP) is 2.77. The van der Waals surface area contributed by atoms with Crippen molar-refractivity contribution in [2.45, 2.75) is 32.7 Å². The van der Waals surface area contributed by atoms with Crippen LogP contribution in [0.15, 0.2) is 24.3 Å². The van der Waals surface area contributed by atoms with Crippen LogP contribution in [-0.2, 0) is 4.79 Å². The fourth-order valence-electron chi connectivity index (χ4n) is 2.87. The fraction of sp³-hybridized carbons (Fsp3) is 0.588. The monoisotopic (exact) mass is 323 g/mol. The Morgan fingerprint density at radius 1 is 1.32 bits per heavy atom. The zero-order chi connectivity index (χ0) is 15.9. The summed E-state index contributed by atoms with van der Waals surface area (Å²) in [6, 6.07) is 8.22. The Hall–Kier alpha value is -1.26. The van der Waals surface area contributed by atoms with Gasteiger partial charge in [-0.05, 0) is 31.5 Å². The molecule has 122 valence electrons. The van der Waals surface area contributed by atoms with E-state index < -0.39 is 0 Å². The molecule has 0 bridgehead atoms. The Kier molecular flexibility index (Phi) is 6.52. The number of nitrogens with one attached hydrogen (secondary N) is 1. The largest absolute Gasteiger partial charge is 0.369 e. The number of halogens is 1. The highest BCUT2D eigenvalue weighted by Crippen LogP contribution is 2.20. The molecule has 0 saturated carbocycles. The molecular weight excluding hydrogens is 298 g/mol. The van der Waals surface area contributed by atoms with Gasteiger partial charge in [-0.15, -0.1) is 0 Å². The van der Waals surface area contributed by atoms with Gasteiger partial charge in [-0.1, -0.05) is 31.0 Å². The highest BCUT2D eigenvalue weighted by molar-refractivity contribution is 6.30. The summed E-state index contributed by atoms with van der Waals surface area (Å²) < 4.78 is 0. The Labute approximate surface area is 138 Å². The summed E-state index contributed by atoms with van der Waals surface area (Å²) in [6.45, 7) is 8.37. The summed E-state index contributed by atoms with van der Waals surface area (Å²) in [4.78, 5) is 16.5. The predicted molar refractivity (Wildman–Crippen MR) is 92.6 cm³/mol. The first-order valence-corrected chi connectivity index (χ1v) is 8.48. The van der Waals surface area contributed by atoms with E-state index in [0.29, 0.717) is 6.54 Å². The molecule has 1 aliphatic heterocycles. The molecule has 0 unspecified atom stereocenters. The van der Waals surface area contributed by atoms with Gasteiger partial charge in [0, 0.05) is 42.9 Å². The van der Waals surface area contributed by atoms with E-state index in [2.05, 4.69) is 35.0 Å². The normalized spacial score (nSPS) is 17.3. The maximum Gasteiger partial charge on any atom is 0.234 e. The molecule has 1 aromatic carbocycles. The molecule has 1 saturated heterocycles. The molecule has 1 atom stereocenters. The van der Waals surface area contributed by atoms with E-state index in [9.17, 15) is 4.79 Å². The Morgan fingerprint density at radius 3 is 2.68 bits per heavy atom. The summed E-state index contributed by atoms with van der Waals surface area (Å²) in [7, 11) is 0. The lowest BCUT2D eigenvalue weighted by Gasteiger charge is -2.36. The van der Waals surface area contributed by atoms with Gasteiger partial charge in [-0.25, -0.2) is 0 Å². The summed E-state index contributed by atoms with van der Waals surface area (Å²) in [5.74, 6) is 0.136. The van der Waals surface area contributed by atoms with Crippen LogP contribution in [0.1, 0.15) is 26.7 Å². The van der Waals surface area contributed by atoms with Crippen LogP contribution >= 0.6 is 11.6 Å². The standard InChI is InChI=1S/C17H26ClN3O/c1-3-5-14(2)19-17(22)13-20-8-10-21(11-9-20)16-7-4-6-15(18)12-16/h4,6-7,12,14H,3,5,8-11,13H2,1-2H3,(H,19,22)/t14-/m1/s1. The first-order valence-electron chi connectivity index (χ1n) is 8.10. The number of nitrogens with zero attached hydrogens (tertiary/aromatic N) is 2. The van der Waals surface area contributed by atoms with Crippen molar-refractivity contribution in [2.75, 3.05) is 37.6 Å². The van der Waals surface area contributed by atoms with Crippen LogP contribution in [0.3, 0.4) is 0 Å². The topological polar surface area (TPSA) is 35.6 Å². The molecule has 22 heavy (non-hydrogen) atoms. The summed E-state index contributed by atoms with van der Waals surface area (Å²) in [5.41, 5.74) is 1.16. The van der Waals surface area contributed by atoms with Gasteiger partial charge in [-0.2, -0.15) is 0 Å². The van der Waals surface area contributed by atoms with Gasteiger partial charge in [0.2, 0.25) is 5.91 Å². The number of piperazine rings is 1. The minimum absolute atomic E-state index is 0.136. The first kappa shape index (κ1) is 17.1. The highest BCUT2D eigenvalue weighted by atomic mass is 35.5. The van der Waals surface area contributed by atoms with Crippen LogP contribution in [0.5, 0.6) is 0 Å². The quantitative estimate of drug-likeness (QED) is 0.874. The molecule has 0 aromatic heterocycles. The molecule has 5 heteroatoms. The lowest BCUT2D eigenvalue weighted by Crippen LogP contribution is -2.50. The van der Waals surface area contributed by atoms with E-state index >= 15 is 0 Å². The Balaban J connectivity index is 1.76. The maximum absolute atomic E-state index is 12.0. The zero-order valence-electron chi connectivity index (χ0n) is 13.5. The smallest absolute Gasteiger partial charge is 0.234 e. The van der Waals surface area contributed by atoms with Crippen molar-refractivity contribution in [3.8, 4) is 0 Å². The SMILES string of the molecule is CCC[C@@H](C)NC(=O)CN1CCN(c2cccc(Cl)c2)CC1. The van der Waals surface area contributed by atoms with Crippen LogP contribution in [0.2, 0.25) is 5.02 Å². The van der Waals surface area contributed by atoms with Crippen molar-refractivity contribution in [2.24, 2.45) is 0 Å². The summed E-state index contributed by atoms with van der Waals surface area (Å²) >= 11 is 6.05. The summed E-state index contributed by atoms with van der Waals surface area (Å²) in [6.07, 6.45) is 2.13. The minimum atomic E-state index is 0.136. The molecule has 1 N–H and O–H groups in total. The molecule has 4 nitrogen and oxygen atoms in total. The van der Waals surface area contributed by atoms with E-state index in [0.717, 1.165) is 49.7 Å². The van der Waals surface area contributed by atoms with Gasteiger partial charge in [-0.3, -0.25) is 9.69 Å². The van der Waals surface area contributed by atoms with Crippen molar-refractivity contribution in [1.82, 2.24) is 10.2 Å². The molecule has 2 rings (SSSR count). The molecule has 1 fully saturated rings. The molecule has 0 radical (unpaired) electrons. The Morgan fingerprint density at radius 2 is 2.05 bits per heavy atom. The molecule has 1 heterocycles. The third-order valence-electron chi connectivity index (χ3n) is 4.04. The van der Waals surface area contributed by atoms with Crippen molar-refractivity contribution in [1.29, 1.82) is 0 Å². The molecule has 1 aromatic rings. The summed E-state index contributed by atoms with van der Waals surface area (Å²) in [5, 5.41) is 3.83. The second-order valence-electron chi connectivity index (χ2n) is 6.00. The van der Waals surface area contributed by atoms with Crippen molar-refractivity contribution >= 4 is 23.2 Å². The number of anilines is 1. The molecular formula is C17H26ClN3O. The number of carbonyl (C=O) groups excluding carboxylic acids is 1. The Bertz CT molecular complexity index is 487. The van der Waals surface area contributed by atoms with Gasteiger partial charge < -0.3 is 10.2 Å².